The van der Waals surface area contributed by atoms with Crippen molar-refractivity contribution in [3.63, 3.8) is 0 Å². The molecule has 0 saturated carbocycles. The SMILES string of the molecule is O=C1OC(=Cc2ccc(F)cc2)c2c1cc(F)cc2[N+](=O)[O-]. The summed E-state index contributed by atoms with van der Waals surface area (Å²) in [4.78, 5) is 22.0. The van der Waals surface area contributed by atoms with Gasteiger partial charge in [-0.15, -0.1) is 0 Å². The van der Waals surface area contributed by atoms with E-state index in [0.29, 0.717) is 5.56 Å². The lowest BCUT2D eigenvalue weighted by molar-refractivity contribution is -0.385. The monoisotopic (exact) mass is 303 g/mol. The third-order valence-corrected chi connectivity index (χ3v) is 3.12. The Morgan fingerprint density at radius 1 is 1.09 bits per heavy atom. The molecule has 0 atom stereocenters. The van der Waals surface area contributed by atoms with Crippen LogP contribution in [-0.4, -0.2) is 10.9 Å². The third-order valence-electron chi connectivity index (χ3n) is 3.12. The fraction of sp³-hybridized carbons (Fsp3) is 0. The van der Waals surface area contributed by atoms with Crippen LogP contribution >= 0.6 is 0 Å². The van der Waals surface area contributed by atoms with Crippen LogP contribution in [0.1, 0.15) is 21.5 Å². The summed E-state index contributed by atoms with van der Waals surface area (Å²) in [5.74, 6) is -2.28. The van der Waals surface area contributed by atoms with Gasteiger partial charge in [-0.25, -0.2) is 13.6 Å². The summed E-state index contributed by atoms with van der Waals surface area (Å²) in [5.41, 5.74) is -0.370. The molecule has 22 heavy (non-hydrogen) atoms. The van der Waals surface area contributed by atoms with E-state index in [0.717, 1.165) is 12.1 Å². The highest BCUT2D eigenvalue weighted by atomic mass is 19.1. The molecule has 1 aliphatic rings. The number of rotatable bonds is 2. The lowest BCUT2D eigenvalue weighted by atomic mass is 10.0. The number of carbonyl (C=O) groups excluding carboxylic acids is 1. The lowest BCUT2D eigenvalue weighted by Gasteiger charge is -2.01. The predicted molar refractivity (Wildman–Crippen MR) is 72.7 cm³/mol. The van der Waals surface area contributed by atoms with Crippen molar-refractivity contribution < 1.29 is 23.2 Å². The van der Waals surface area contributed by atoms with E-state index in [1.54, 1.807) is 0 Å². The molecule has 0 radical (unpaired) electrons. The lowest BCUT2D eigenvalue weighted by Crippen LogP contribution is -1.98. The van der Waals surface area contributed by atoms with Crippen molar-refractivity contribution in [3.8, 4) is 0 Å². The average Bonchev–Trinajstić information content (AvgIpc) is 2.77. The number of benzene rings is 2. The Balaban J connectivity index is 2.18. The van der Waals surface area contributed by atoms with E-state index in [-0.39, 0.29) is 16.9 Å². The van der Waals surface area contributed by atoms with Crippen molar-refractivity contribution in [2.24, 2.45) is 0 Å². The van der Waals surface area contributed by atoms with Crippen LogP contribution in [-0.2, 0) is 4.74 Å². The van der Waals surface area contributed by atoms with Gasteiger partial charge < -0.3 is 4.74 Å². The van der Waals surface area contributed by atoms with Crippen molar-refractivity contribution in [1.82, 2.24) is 0 Å². The minimum Gasteiger partial charge on any atom is -0.422 e. The highest BCUT2D eigenvalue weighted by Crippen LogP contribution is 2.38. The largest absolute Gasteiger partial charge is 0.422 e. The molecule has 1 aliphatic heterocycles. The fourth-order valence-electron chi connectivity index (χ4n) is 2.17. The normalized spacial score (nSPS) is 14.8. The van der Waals surface area contributed by atoms with Gasteiger partial charge in [-0.2, -0.15) is 0 Å². The average molecular weight is 303 g/mol. The molecule has 0 aromatic heterocycles. The Morgan fingerprint density at radius 3 is 2.41 bits per heavy atom. The number of nitro groups is 1. The van der Waals surface area contributed by atoms with Gasteiger partial charge in [0.25, 0.3) is 5.69 Å². The second kappa shape index (κ2) is 5.03. The van der Waals surface area contributed by atoms with Gasteiger partial charge >= 0.3 is 5.97 Å². The molecule has 0 aliphatic carbocycles. The molecule has 7 heteroatoms. The fourth-order valence-corrected chi connectivity index (χ4v) is 2.17. The zero-order valence-corrected chi connectivity index (χ0v) is 10.9. The van der Waals surface area contributed by atoms with Crippen molar-refractivity contribution in [3.05, 3.63) is 74.8 Å². The molecular formula is C15H7F2NO4. The van der Waals surface area contributed by atoms with Gasteiger partial charge in [-0.05, 0) is 29.8 Å². The van der Waals surface area contributed by atoms with Crippen molar-refractivity contribution in [2.75, 3.05) is 0 Å². The summed E-state index contributed by atoms with van der Waals surface area (Å²) in [6.45, 7) is 0. The topological polar surface area (TPSA) is 69.4 Å². The second-order valence-corrected chi connectivity index (χ2v) is 4.55. The molecule has 1 heterocycles. The number of cyclic esters (lactones) is 1. The quantitative estimate of drug-likeness (QED) is 0.483. The first kappa shape index (κ1) is 13.9. The van der Waals surface area contributed by atoms with Gasteiger partial charge in [0.15, 0.2) is 0 Å². The molecule has 0 fully saturated rings. The third kappa shape index (κ3) is 2.32. The van der Waals surface area contributed by atoms with Crippen LogP contribution in [0.4, 0.5) is 14.5 Å². The van der Waals surface area contributed by atoms with Crippen LogP contribution in [0.2, 0.25) is 0 Å². The van der Waals surface area contributed by atoms with E-state index in [1.807, 2.05) is 0 Å². The van der Waals surface area contributed by atoms with Crippen molar-refractivity contribution in [2.45, 2.75) is 0 Å². The minimum atomic E-state index is -0.898. The Kier molecular flexibility index (Phi) is 3.17. The Bertz CT molecular complexity index is 828. The van der Waals surface area contributed by atoms with E-state index < -0.39 is 28.2 Å². The highest BCUT2D eigenvalue weighted by Gasteiger charge is 2.35. The van der Waals surface area contributed by atoms with Crippen LogP contribution in [0.15, 0.2) is 36.4 Å². The Morgan fingerprint density at radius 2 is 1.77 bits per heavy atom. The van der Waals surface area contributed by atoms with Gasteiger partial charge in [0.1, 0.15) is 23.0 Å². The zero-order valence-electron chi connectivity index (χ0n) is 10.9. The van der Waals surface area contributed by atoms with Crippen LogP contribution in [0.25, 0.3) is 11.8 Å². The van der Waals surface area contributed by atoms with Gasteiger partial charge in [0, 0.05) is 0 Å². The first-order valence-electron chi connectivity index (χ1n) is 6.13. The molecule has 0 bridgehead atoms. The number of fused-ring (bicyclic) bond motifs is 1. The summed E-state index contributed by atoms with van der Waals surface area (Å²) in [7, 11) is 0. The smallest absolute Gasteiger partial charge is 0.344 e. The molecule has 3 rings (SSSR count). The maximum absolute atomic E-state index is 13.4. The molecule has 0 N–H and O–H groups in total. The van der Waals surface area contributed by atoms with Crippen LogP contribution in [0.5, 0.6) is 0 Å². The van der Waals surface area contributed by atoms with Gasteiger partial charge in [0.05, 0.1) is 16.6 Å². The molecule has 0 amide bonds. The molecule has 2 aromatic rings. The summed E-state index contributed by atoms with van der Waals surface area (Å²) >= 11 is 0. The number of carbonyl (C=O) groups is 1. The van der Waals surface area contributed by atoms with Gasteiger partial charge in [-0.1, -0.05) is 12.1 Å². The van der Waals surface area contributed by atoms with Crippen LogP contribution < -0.4 is 0 Å². The maximum atomic E-state index is 13.4. The number of halogens is 2. The molecule has 0 saturated heterocycles. The zero-order chi connectivity index (χ0) is 15.9. The molecule has 5 nitrogen and oxygen atoms in total. The summed E-state index contributed by atoms with van der Waals surface area (Å²) in [6.07, 6.45) is 1.36. The first-order valence-corrected chi connectivity index (χ1v) is 6.13. The number of hydrogen-bond donors (Lipinski definition) is 0. The maximum Gasteiger partial charge on any atom is 0.344 e. The van der Waals surface area contributed by atoms with Crippen LogP contribution in [0, 0.1) is 21.7 Å². The Hall–Kier alpha value is -3.09. The molecule has 0 spiro atoms. The summed E-state index contributed by atoms with van der Waals surface area (Å²) in [5, 5.41) is 11.1. The van der Waals surface area contributed by atoms with Gasteiger partial charge in [-0.3, -0.25) is 10.1 Å². The second-order valence-electron chi connectivity index (χ2n) is 4.55. The first-order chi connectivity index (χ1) is 10.5. The molecular weight excluding hydrogens is 296 g/mol. The molecule has 110 valence electrons. The molecule has 0 unspecified atom stereocenters. The highest BCUT2D eigenvalue weighted by molar-refractivity contribution is 6.07. The summed E-state index contributed by atoms with van der Waals surface area (Å²) < 4.78 is 31.2. The van der Waals surface area contributed by atoms with Crippen molar-refractivity contribution >= 4 is 23.5 Å². The van der Waals surface area contributed by atoms with Crippen molar-refractivity contribution in [1.29, 1.82) is 0 Å². The Labute approximate surface area is 122 Å². The number of nitrogens with zero attached hydrogens (tertiary/aromatic N) is 1. The van der Waals surface area contributed by atoms with E-state index in [4.69, 9.17) is 4.74 Å². The van der Waals surface area contributed by atoms with Crippen LogP contribution in [0.3, 0.4) is 0 Å². The van der Waals surface area contributed by atoms with E-state index in [2.05, 4.69) is 0 Å². The number of ether oxygens (including phenoxy) is 1. The summed E-state index contributed by atoms with van der Waals surface area (Å²) in [6, 6.07) is 6.84. The number of nitro benzene ring substituents is 1. The van der Waals surface area contributed by atoms with Gasteiger partial charge in [0.2, 0.25) is 0 Å². The molecule has 2 aromatic carbocycles. The van der Waals surface area contributed by atoms with E-state index >= 15 is 0 Å². The predicted octanol–water partition coefficient (Wildman–Crippen LogP) is 3.54. The van der Waals surface area contributed by atoms with E-state index in [1.165, 1.54) is 30.3 Å². The minimum absolute atomic E-state index is 0.0710. The van der Waals surface area contributed by atoms with E-state index in [9.17, 15) is 23.7 Å². The standard InChI is InChI=1S/C15H7F2NO4/c16-9-3-1-8(2-4-9)5-13-14-11(15(19)22-13)6-10(17)7-12(14)18(20)21/h1-7H. The number of esters is 1. The number of hydrogen-bond acceptors (Lipinski definition) is 4.